The van der Waals surface area contributed by atoms with Gasteiger partial charge in [-0.1, -0.05) is 37.0 Å². The number of rotatable bonds is 12. The van der Waals surface area contributed by atoms with Crippen molar-refractivity contribution < 1.29 is 41.8 Å². The second-order valence-corrected chi connectivity index (χ2v) is 19.4. The van der Waals surface area contributed by atoms with Gasteiger partial charge in [0.05, 0.1) is 37.1 Å². The molecule has 5 rings (SSSR count). The van der Waals surface area contributed by atoms with Crippen LogP contribution in [0.25, 0.3) is 10.9 Å². The molecule has 1 N–H and O–H groups in total. The first-order valence-electron chi connectivity index (χ1n) is 16.5. The van der Waals surface area contributed by atoms with Crippen LogP contribution in [0, 0.1) is 17.8 Å². The highest BCUT2D eigenvalue weighted by atomic mass is 28.3. The molecule has 0 radical (unpaired) electrons. The first-order chi connectivity index (χ1) is 24.1. The van der Waals surface area contributed by atoms with Gasteiger partial charge in [-0.05, 0) is 85.0 Å². The number of alkyl halides is 3. The lowest BCUT2D eigenvalue weighted by Crippen LogP contribution is -2.36. The Kier molecular flexibility index (Phi) is 11.3. The van der Waals surface area contributed by atoms with Crippen molar-refractivity contribution in [3.8, 4) is 5.75 Å². The van der Waals surface area contributed by atoms with Crippen molar-refractivity contribution in [2.75, 3.05) is 19.0 Å². The van der Waals surface area contributed by atoms with E-state index in [2.05, 4.69) is 40.0 Å². The van der Waals surface area contributed by atoms with E-state index in [0.717, 1.165) is 34.5 Å². The van der Waals surface area contributed by atoms with Gasteiger partial charge in [-0.25, -0.2) is 9.48 Å². The van der Waals surface area contributed by atoms with Crippen molar-refractivity contribution in [2.45, 2.75) is 57.9 Å². The number of nitrogens with zero attached hydrogens (tertiary/aromatic N) is 3. The Morgan fingerprint density at radius 1 is 1.00 bits per heavy atom. The van der Waals surface area contributed by atoms with Crippen LogP contribution in [-0.2, 0) is 33.6 Å². The number of nitrogens with one attached hydrogen (secondary N) is 1. The van der Waals surface area contributed by atoms with E-state index < -0.39 is 55.2 Å². The molecule has 11 nitrogen and oxygen atoms in total. The lowest BCUT2D eigenvalue weighted by Gasteiger charge is -2.24. The van der Waals surface area contributed by atoms with E-state index in [0.29, 0.717) is 29.8 Å². The molecule has 0 bridgehead atoms. The molecule has 3 atom stereocenters. The average Bonchev–Trinajstić information content (AvgIpc) is 3.51. The van der Waals surface area contributed by atoms with E-state index in [9.17, 15) is 32.3 Å². The molecule has 1 aromatic heterocycles. The van der Waals surface area contributed by atoms with Gasteiger partial charge < -0.3 is 14.2 Å². The zero-order chi connectivity index (χ0) is 36.9. The van der Waals surface area contributed by atoms with Gasteiger partial charge in [0.25, 0.3) is 5.56 Å². The van der Waals surface area contributed by atoms with Crippen LogP contribution in [0.3, 0.4) is 0 Å². The maximum atomic E-state index is 13.9. The molecule has 1 fully saturated rings. The molecule has 0 aliphatic heterocycles. The van der Waals surface area contributed by atoms with Crippen LogP contribution >= 0.6 is 0 Å². The molecule has 3 aromatic carbocycles. The SMILES string of the molecule is COC(=O)Nc1cccc(COc2ccc(C(=O)C3CCC(Cn4nnc5ccc(C(F)(F)F)cc5c4=O)C3C(=O)OCC[Si](C)(C)C)cc2)c1. The summed E-state index contributed by atoms with van der Waals surface area (Å²) in [5.41, 5.74) is -0.0515. The molecule has 51 heavy (non-hydrogen) atoms. The fourth-order valence-corrected chi connectivity index (χ4v) is 6.80. The first kappa shape index (κ1) is 37.2. The van der Waals surface area contributed by atoms with Gasteiger partial charge in [0.1, 0.15) is 17.9 Å². The highest BCUT2D eigenvalue weighted by Gasteiger charge is 2.46. The van der Waals surface area contributed by atoms with E-state index in [1.165, 1.54) is 7.11 Å². The Morgan fingerprint density at radius 3 is 2.43 bits per heavy atom. The van der Waals surface area contributed by atoms with Gasteiger partial charge in [-0.3, -0.25) is 19.7 Å². The van der Waals surface area contributed by atoms with E-state index >= 15 is 0 Å². The number of anilines is 1. The van der Waals surface area contributed by atoms with Crippen molar-refractivity contribution in [3.05, 3.63) is 93.8 Å². The van der Waals surface area contributed by atoms with E-state index in [4.69, 9.17) is 9.47 Å². The predicted molar refractivity (Wildman–Crippen MR) is 185 cm³/mol. The van der Waals surface area contributed by atoms with Gasteiger partial charge in [0.15, 0.2) is 5.78 Å². The number of halogens is 3. The lowest BCUT2D eigenvalue weighted by atomic mass is 9.84. The Balaban J connectivity index is 1.33. The van der Waals surface area contributed by atoms with Gasteiger partial charge in [-0.15, -0.1) is 5.10 Å². The molecule has 1 saturated carbocycles. The van der Waals surface area contributed by atoms with Crippen molar-refractivity contribution >= 4 is 42.5 Å². The first-order valence-corrected chi connectivity index (χ1v) is 20.2. The number of Topliss-reactive ketones (excluding diaryl/α,β-unsaturated/α-hetero) is 1. The molecule has 15 heteroatoms. The second-order valence-electron chi connectivity index (χ2n) is 13.7. The molecule has 1 amide bonds. The Hall–Kier alpha value is -5.05. The van der Waals surface area contributed by atoms with Gasteiger partial charge in [-0.2, -0.15) is 13.2 Å². The summed E-state index contributed by atoms with van der Waals surface area (Å²) in [5, 5.41) is 10.3. The Bertz CT molecular complexity index is 1960. The normalized spacial score (nSPS) is 17.6. The molecular weight excluding hydrogens is 685 g/mol. The molecule has 0 saturated heterocycles. The standard InChI is InChI=1S/C36H39F3N4O7Si/c1-48-35(47)40-26-7-5-6-22(18-26)21-50-27-12-8-23(9-13-27)32(44)28-14-10-24(31(28)34(46)49-16-17-51(2,3)4)20-43-33(45)29-19-25(36(37,38)39)11-15-30(29)41-42-43/h5-9,11-13,15,18-19,24,28,31H,10,14,16-17,20-21H2,1-4H3,(H,40,47). The van der Waals surface area contributed by atoms with E-state index in [-0.39, 0.29) is 36.4 Å². The molecule has 3 unspecified atom stereocenters. The van der Waals surface area contributed by atoms with Crippen LogP contribution in [0.5, 0.6) is 5.75 Å². The molecule has 0 spiro atoms. The van der Waals surface area contributed by atoms with Crippen molar-refractivity contribution in [1.82, 2.24) is 15.0 Å². The van der Waals surface area contributed by atoms with Crippen LogP contribution in [0.4, 0.5) is 23.7 Å². The fraction of sp³-hybridized carbons (Fsp3) is 0.389. The van der Waals surface area contributed by atoms with E-state index in [1.54, 1.807) is 42.5 Å². The summed E-state index contributed by atoms with van der Waals surface area (Å²) in [6.45, 7) is 6.70. The highest BCUT2D eigenvalue weighted by Crippen LogP contribution is 2.41. The number of aromatic nitrogens is 3. The number of amides is 1. The molecular formula is C36H39F3N4O7Si. The predicted octanol–water partition coefficient (Wildman–Crippen LogP) is 6.97. The minimum absolute atomic E-state index is 0.0163. The number of esters is 1. The number of carbonyl (C=O) groups is 3. The van der Waals surface area contributed by atoms with Gasteiger partial charge in [0, 0.05) is 25.2 Å². The number of hydrogen-bond donors (Lipinski definition) is 1. The Labute approximate surface area is 293 Å². The summed E-state index contributed by atoms with van der Waals surface area (Å²) in [4.78, 5) is 52.4. The average molecular weight is 725 g/mol. The van der Waals surface area contributed by atoms with Crippen LogP contribution in [-0.4, -0.2) is 54.6 Å². The van der Waals surface area contributed by atoms with Crippen molar-refractivity contribution in [2.24, 2.45) is 17.8 Å². The summed E-state index contributed by atoms with van der Waals surface area (Å²) in [5.74, 6) is -2.56. The number of methoxy groups -OCH3 is 1. The largest absolute Gasteiger partial charge is 0.489 e. The zero-order valence-corrected chi connectivity index (χ0v) is 29.7. The third kappa shape index (κ3) is 9.39. The summed E-state index contributed by atoms with van der Waals surface area (Å²) in [6, 6.07) is 17.0. The maximum Gasteiger partial charge on any atom is 0.416 e. The van der Waals surface area contributed by atoms with Crippen molar-refractivity contribution in [1.29, 1.82) is 0 Å². The molecule has 1 heterocycles. The minimum Gasteiger partial charge on any atom is -0.489 e. The molecule has 1 aliphatic rings. The second kappa shape index (κ2) is 15.5. The number of benzene rings is 3. The summed E-state index contributed by atoms with van der Waals surface area (Å²) in [7, 11) is -0.280. The third-order valence-electron chi connectivity index (χ3n) is 8.85. The van der Waals surface area contributed by atoms with Crippen LogP contribution in [0.15, 0.2) is 71.5 Å². The number of ether oxygens (including phenoxy) is 3. The maximum absolute atomic E-state index is 13.9. The van der Waals surface area contributed by atoms with Gasteiger partial charge in [0.2, 0.25) is 0 Å². The molecule has 270 valence electrons. The quantitative estimate of drug-likeness (QED) is 0.0932. The summed E-state index contributed by atoms with van der Waals surface area (Å²) < 4.78 is 57.4. The lowest BCUT2D eigenvalue weighted by molar-refractivity contribution is -0.150. The van der Waals surface area contributed by atoms with Crippen LogP contribution < -0.4 is 15.6 Å². The highest BCUT2D eigenvalue weighted by molar-refractivity contribution is 6.76. The molecule has 1 aliphatic carbocycles. The minimum atomic E-state index is -4.65. The Morgan fingerprint density at radius 2 is 1.75 bits per heavy atom. The van der Waals surface area contributed by atoms with Crippen LogP contribution in [0.2, 0.25) is 25.7 Å². The number of carbonyl (C=O) groups excluding carboxylic acids is 3. The van der Waals surface area contributed by atoms with E-state index in [1.807, 2.05) is 6.07 Å². The summed E-state index contributed by atoms with van der Waals surface area (Å²) in [6.07, 6.45) is -4.54. The van der Waals surface area contributed by atoms with Gasteiger partial charge >= 0.3 is 18.2 Å². The smallest absolute Gasteiger partial charge is 0.416 e. The molecule has 4 aromatic rings. The van der Waals surface area contributed by atoms with Crippen molar-refractivity contribution in [3.63, 3.8) is 0 Å². The van der Waals surface area contributed by atoms with Crippen LogP contribution in [0.1, 0.15) is 34.3 Å². The number of ketones is 1. The monoisotopic (exact) mass is 724 g/mol. The fourth-order valence-electron chi connectivity index (χ4n) is 6.09. The number of hydrogen-bond acceptors (Lipinski definition) is 9. The number of fused-ring (bicyclic) bond motifs is 1. The topological polar surface area (TPSA) is 139 Å². The third-order valence-corrected chi connectivity index (χ3v) is 10.6. The zero-order valence-electron chi connectivity index (χ0n) is 28.7. The summed E-state index contributed by atoms with van der Waals surface area (Å²) >= 11 is 0.